The Hall–Kier alpha value is -3.56. The Morgan fingerprint density at radius 1 is 1.28 bits per heavy atom. The third kappa shape index (κ3) is 3.48. The largest absolute Gasteiger partial charge is 0.494 e. The summed E-state index contributed by atoms with van der Waals surface area (Å²) >= 11 is 0. The molecule has 2 heterocycles. The summed E-state index contributed by atoms with van der Waals surface area (Å²) in [5.74, 6) is 0.274. The van der Waals surface area contributed by atoms with E-state index >= 15 is 0 Å². The molecule has 0 spiro atoms. The van der Waals surface area contributed by atoms with Gasteiger partial charge in [0, 0.05) is 19.9 Å². The number of aromatic hydroxyl groups is 1. The third-order valence-corrected chi connectivity index (χ3v) is 4.84. The van der Waals surface area contributed by atoms with E-state index in [1.807, 2.05) is 0 Å². The fourth-order valence-corrected chi connectivity index (χ4v) is 3.24. The van der Waals surface area contributed by atoms with Crippen molar-refractivity contribution in [2.75, 3.05) is 14.2 Å². The molecule has 1 amide bonds. The average Bonchev–Trinajstić information content (AvgIpc) is 3.15. The molecule has 2 N–H and O–H groups in total. The van der Waals surface area contributed by atoms with E-state index < -0.39 is 23.2 Å². The molecule has 0 unspecified atom stereocenters. The van der Waals surface area contributed by atoms with Crippen molar-refractivity contribution in [2.45, 2.75) is 25.8 Å². The molecular weight excluding hydrogens is 380 g/mol. The number of hydrogen-bond acceptors (Lipinski definition) is 7. The van der Waals surface area contributed by atoms with E-state index in [1.54, 1.807) is 25.1 Å². The lowest BCUT2D eigenvalue weighted by Gasteiger charge is -2.22. The van der Waals surface area contributed by atoms with Crippen LogP contribution in [0.5, 0.6) is 17.4 Å². The maximum atomic E-state index is 12.5. The van der Waals surface area contributed by atoms with Gasteiger partial charge in [-0.3, -0.25) is 19.1 Å². The first-order chi connectivity index (χ1) is 13.8. The second kappa shape index (κ2) is 7.82. The summed E-state index contributed by atoms with van der Waals surface area (Å²) in [4.78, 5) is 38.6. The zero-order valence-corrected chi connectivity index (χ0v) is 16.6. The Labute approximate surface area is 166 Å². The highest BCUT2D eigenvalue weighted by atomic mass is 16.5. The number of aromatic amines is 1. The molecule has 1 atom stereocenters. The monoisotopic (exact) mass is 402 g/mol. The highest BCUT2D eigenvalue weighted by Gasteiger charge is 2.35. The number of nitrogens with one attached hydrogen (secondary N) is 1. The van der Waals surface area contributed by atoms with Crippen LogP contribution < -0.4 is 20.7 Å². The molecule has 3 rings (SSSR count). The van der Waals surface area contributed by atoms with E-state index in [2.05, 4.69) is 10.1 Å². The van der Waals surface area contributed by atoms with E-state index in [4.69, 9.17) is 9.47 Å². The van der Waals surface area contributed by atoms with Gasteiger partial charge in [0.05, 0.1) is 26.0 Å². The number of hydrogen-bond donors (Lipinski definition) is 2. The quantitative estimate of drug-likeness (QED) is 0.765. The van der Waals surface area contributed by atoms with Crippen LogP contribution >= 0.6 is 0 Å². The van der Waals surface area contributed by atoms with Crippen LogP contribution in [0.25, 0.3) is 0 Å². The zero-order valence-electron chi connectivity index (χ0n) is 16.6. The Balaban J connectivity index is 2.09. The van der Waals surface area contributed by atoms with Crippen LogP contribution in [0.1, 0.15) is 36.9 Å². The Morgan fingerprint density at radius 2 is 1.97 bits per heavy atom. The molecule has 1 aromatic heterocycles. The molecule has 0 aliphatic carbocycles. The second-order valence-electron chi connectivity index (χ2n) is 6.49. The average molecular weight is 402 g/mol. The van der Waals surface area contributed by atoms with Crippen molar-refractivity contribution in [3.05, 3.63) is 50.2 Å². The number of carbonyl (C=O) groups is 1. The van der Waals surface area contributed by atoms with Gasteiger partial charge < -0.3 is 14.6 Å². The van der Waals surface area contributed by atoms with E-state index in [0.29, 0.717) is 11.5 Å². The van der Waals surface area contributed by atoms with Gasteiger partial charge in [-0.1, -0.05) is 13.0 Å². The van der Waals surface area contributed by atoms with E-state index in [1.165, 1.54) is 26.3 Å². The van der Waals surface area contributed by atoms with Crippen LogP contribution in [0.4, 0.5) is 0 Å². The van der Waals surface area contributed by atoms with Gasteiger partial charge in [-0.2, -0.15) is 5.10 Å². The van der Waals surface area contributed by atoms with Crippen LogP contribution in [0.2, 0.25) is 0 Å². The minimum atomic E-state index is -0.763. The van der Waals surface area contributed by atoms with Crippen molar-refractivity contribution < 1.29 is 19.4 Å². The van der Waals surface area contributed by atoms with Gasteiger partial charge in [-0.15, -0.1) is 0 Å². The predicted molar refractivity (Wildman–Crippen MR) is 105 cm³/mol. The molecular formula is C19H22N4O6. The van der Waals surface area contributed by atoms with E-state index in [9.17, 15) is 19.5 Å². The summed E-state index contributed by atoms with van der Waals surface area (Å²) in [6.07, 6.45) is 0.381. The third-order valence-electron chi connectivity index (χ3n) is 4.84. The molecule has 2 aromatic rings. The number of rotatable bonds is 5. The van der Waals surface area contributed by atoms with Gasteiger partial charge in [-0.05, 0) is 17.7 Å². The summed E-state index contributed by atoms with van der Waals surface area (Å²) in [5.41, 5.74) is -0.706. The first-order valence-corrected chi connectivity index (χ1v) is 8.96. The van der Waals surface area contributed by atoms with Crippen molar-refractivity contribution in [3.63, 3.8) is 0 Å². The number of nitrogens with zero attached hydrogens (tertiary/aromatic N) is 3. The maximum Gasteiger partial charge on any atom is 0.330 e. The maximum absolute atomic E-state index is 12.5. The number of hydrazone groups is 1. The van der Waals surface area contributed by atoms with E-state index in [-0.39, 0.29) is 30.0 Å². The number of methoxy groups -OCH3 is 2. The molecule has 10 heteroatoms. The van der Waals surface area contributed by atoms with Crippen molar-refractivity contribution in [2.24, 2.45) is 12.1 Å². The van der Waals surface area contributed by atoms with Gasteiger partial charge in [0.15, 0.2) is 11.5 Å². The lowest BCUT2D eigenvalue weighted by atomic mass is 9.98. The molecule has 10 nitrogen and oxygen atoms in total. The summed E-state index contributed by atoms with van der Waals surface area (Å²) < 4.78 is 11.5. The molecule has 0 fully saturated rings. The zero-order chi connectivity index (χ0) is 21.3. The lowest BCUT2D eigenvalue weighted by Crippen LogP contribution is -2.32. The minimum absolute atomic E-state index is 0.135. The van der Waals surface area contributed by atoms with Gasteiger partial charge >= 0.3 is 5.69 Å². The highest BCUT2D eigenvalue weighted by molar-refractivity contribution is 6.04. The van der Waals surface area contributed by atoms with Gasteiger partial charge in [-0.25, -0.2) is 9.80 Å². The summed E-state index contributed by atoms with van der Waals surface area (Å²) in [7, 11) is 4.36. The van der Waals surface area contributed by atoms with Crippen molar-refractivity contribution in [3.8, 4) is 17.4 Å². The second-order valence-corrected chi connectivity index (χ2v) is 6.49. The number of amides is 1. The Kier molecular flexibility index (Phi) is 5.44. The first kappa shape index (κ1) is 20.2. The molecule has 1 aromatic carbocycles. The smallest absolute Gasteiger partial charge is 0.330 e. The topological polar surface area (TPSA) is 126 Å². The van der Waals surface area contributed by atoms with Crippen LogP contribution in [0, 0.1) is 0 Å². The van der Waals surface area contributed by atoms with Crippen molar-refractivity contribution in [1.29, 1.82) is 0 Å². The fourth-order valence-electron chi connectivity index (χ4n) is 3.24. The number of carbonyl (C=O) groups excluding carboxylic acids is 1. The van der Waals surface area contributed by atoms with Gasteiger partial charge in [0.25, 0.3) is 5.56 Å². The molecule has 1 aliphatic rings. The fraction of sp³-hybridized carbons (Fsp3) is 0.368. The van der Waals surface area contributed by atoms with Crippen molar-refractivity contribution >= 4 is 11.6 Å². The molecule has 29 heavy (non-hydrogen) atoms. The minimum Gasteiger partial charge on any atom is -0.494 e. The molecule has 154 valence electrons. The number of H-pyrrole nitrogens is 1. The van der Waals surface area contributed by atoms with Gasteiger partial charge in [0.1, 0.15) is 5.56 Å². The first-order valence-electron chi connectivity index (χ1n) is 8.96. The SMILES string of the molecule is CCC(=O)N1N=C(c2c(O)n(C)c(=O)[nH]c2=O)C[C@H]1c1ccc(OC)c(OC)c1. The molecule has 0 saturated heterocycles. The number of ether oxygens (including phenoxy) is 2. The van der Waals surface area contributed by atoms with Crippen LogP contribution in [0.15, 0.2) is 32.9 Å². The summed E-state index contributed by atoms with van der Waals surface area (Å²) in [5, 5.41) is 15.9. The van der Waals surface area contributed by atoms with Gasteiger partial charge in [0.2, 0.25) is 11.8 Å². The predicted octanol–water partition coefficient (Wildman–Crippen LogP) is 0.884. The molecule has 0 radical (unpaired) electrons. The summed E-state index contributed by atoms with van der Waals surface area (Å²) in [6.45, 7) is 1.71. The van der Waals surface area contributed by atoms with Crippen LogP contribution in [-0.2, 0) is 11.8 Å². The molecule has 0 bridgehead atoms. The standard InChI is InChI=1S/C19H22N4O6/c1-5-15(24)23-12(10-6-7-13(28-3)14(8-10)29-4)9-11(21-23)16-17(25)20-19(27)22(2)18(16)26/h6-8,12,26H,5,9H2,1-4H3,(H,20,25,27)/t12-/m0/s1. The van der Waals surface area contributed by atoms with Crippen molar-refractivity contribution in [1.82, 2.24) is 14.6 Å². The number of benzene rings is 1. The Morgan fingerprint density at radius 3 is 2.59 bits per heavy atom. The lowest BCUT2D eigenvalue weighted by molar-refractivity contribution is -0.132. The molecule has 0 saturated carbocycles. The van der Waals surface area contributed by atoms with Crippen LogP contribution in [0.3, 0.4) is 0 Å². The normalized spacial score (nSPS) is 15.9. The molecule has 1 aliphatic heterocycles. The van der Waals surface area contributed by atoms with E-state index in [0.717, 1.165) is 10.1 Å². The Bertz CT molecular complexity index is 1100. The highest BCUT2D eigenvalue weighted by Crippen LogP contribution is 2.37. The summed E-state index contributed by atoms with van der Waals surface area (Å²) in [6, 6.07) is 4.74. The number of aromatic nitrogens is 2. The van der Waals surface area contributed by atoms with Crippen LogP contribution in [-0.4, -0.2) is 45.5 Å².